The number of rotatable bonds is 7. The molecule has 1 heterocycles. The van der Waals surface area contributed by atoms with Gasteiger partial charge in [-0.3, -0.25) is 0 Å². The number of aromatic nitrogens is 2. The van der Waals surface area contributed by atoms with Crippen molar-refractivity contribution in [2.45, 2.75) is 40.0 Å². The predicted molar refractivity (Wildman–Crippen MR) is 78.3 cm³/mol. The fourth-order valence-electron chi connectivity index (χ4n) is 1.80. The molecule has 2 rings (SSSR count). The predicted octanol–water partition coefficient (Wildman–Crippen LogP) is 2.46. The first-order valence-corrected chi connectivity index (χ1v) is 6.90. The van der Waals surface area contributed by atoms with Gasteiger partial charge in [-0.1, -0.05) is 25.1 Å². The molecule has 0 aliphatic carbocycles. The lowest BCUT2D eigenvalue weighted by Gasteiger charge is -2.12. The number of hydrogen-bond acceptors (Lipinski definition) is 6. The number of nitrogens with zero attached hydrogens (tertiary/aromatic N) is 2. The molecule has 0 aliphatic heterocycles. The third kappa shape index (κ3) is 4.46. The van der Waals surface area contributed by atoms with Crippen molar-refractivity contribution in [3.63, 3.8) is 0 Å². The van der Waals surface area contributed by atoms with Crippen LogP contribution in [0.25, 0.3) is 0 Å². The highest BCUT2D eigenvalue weighted by Crippen LogP contribution is 2.28. The zero-order chi connectivity index (χ0) is 15.2. The van der Waals surface area contributed by atoms with Crippen LogP contribution in [0.1, 0.15) is 31.1 Å². The first-order chi connectivity index (χ1) is 10.1. The van der Waals surface area contributed by atoms with Crippen LogP contribution in [0.15, 0.2) is 22.7 Å². The molecule has 6 heteroatoms. The molecule has 0 amide bonds. The van der Waals surface area contributed by atoms with E-state index in [2.05, 4.69) is 29.3 Å². The molecule has 21 heavy (non-hydrogen) atoms. The normalized spacial score (nSPS) is 10.9. The van der Waals surface area contributed by atoms with E-state index >= 15 is 0 Å². The zero-order valence-corrected chi connectivity index (χ0v) is 12.8. The highest BCUT2D eigenvalue weighted by molar-refractivity contribution is 5.43. The molecule has 0 saturated carbocycles. The molecule has 0 atom stereocenters. The first-order valence-electron chi connectivity index (χ1n) is 6.90. The third-order valence-electron chi connectivity index (χ3n) is 2.86. The summed E-state index contributed by atoms with van der Waals surface area (Å²) in [7, 11) is 1.62. The van der Waals surface area contributed by atoms with Crippen molar-refractivity contribution in [1.82, 2.24) is 15.5 Å². The van der Waals surface area contributed by atoms with Crippen LogP contribution in [0.3, 0.4) is 0 Å². The van der Waals surface area contributed by atoms with Crippen molar-refractivity contribution in [3.8, 4) is 11.5 Å². The number of aryl methyl sites for hydroxylation is 1. The van der Waals surface area contributed by atoms with Gasteiger partial charge in [-0.25, -0.2) is 0 Å². The van der Waals surface area contributed by atoms with E-state index in [-0.39, 0.29) is 6.61 Å². The largest absolute Gasteiger partial charge is 0.493 e. The summed E-state index contributed by atoms with van der Waals surface area (Å²) in [5.41, 5.74) is 1.14. The lowest BCUT2D eigenvalue weighted by atomic mass is 10.2. The molecule has 0 saturated heterocycles. The Morgan fingerprint density at radius 3 is 2.71 bits per heavy atom. The molecule has 114 valence electrons. The maximum absolute atomic E-state index is 5.67. The Morgan fingerprint density at radius 1 is 1.29 bits per heavy atom. The van der Waals surface area contributed by atoms with Crippen LogP contribution in [-0.4, -0.2) is 23.3 Å². The second-order valence-corrected chi connectivity index (χ2v) is 5.04. The molecule has 1 aromatic heterocycles. The second kappa shape index (κ2) is 7.08. The maximum Gasteiger partial charge on any atom is 0.264 e. The Kier molecular flexibility index (Phi) is 5.16. The molecule has 0 radical (unpaired) electrons. The smallest absolute Gasteiger partial charge is 0.264 e. The van der Waals surface area contributed by atoms with Crippen molar-refractivity contribution in [1.29, 1.82) is 0 Å². The average molecular weight is 291 g/mol. The van der Waals surface area contributed by atoms with Crippen molar-refractivity contribution in [3.05, 3.63) is 35.5 Å². The van der Waals surface area contributed by atoms with Gasteiger partial charge in [0, 0.05) is 12.6 Å². The molecule has 1 N–H and O–H groups in total. The van der Waals surface area contributed by atoms with Gasteiger partial charge in [-0.05, 0) is 24.6 Å². The fraction of sp³-hybridized carbons (Fsp3) is 0.467. The third-order valence-corrected chi connectivity index (χ3v) is 2.86. The van der Waals surface area contributed by atoms with Crippen molar-refractivity contribution in [2.75, 3.05) is 7.11 Å². The minimum atomic E-state index is 0.223. The lowest BCUT2D eigenvalue weighted by molar-refractivity contribution is 0.233. The van der Waals surface area contributed by atoms with Gasteiger partial charge < -0.3 is 19.3 Å². The van der Waals surface area contributed by atoms with Gasteiger partial charge in [0.2, 0.25) is 0 Å². The average Bonchev–Trinajstić information content (AvgIpc) is 2.88. The van der Waals surface area contributed by atoms with E-state index in [0.717, 1.165) is 12.1 Å². The van der Waals surface area contributed by atoms with Crippen molar-refractivity contribution < 1.29 is 14.0 Å². The van der Waals surface area contributed by atoms with Crippen LogP contribution in [0, 0.1) is 6.92 Å². The fourth-order valence-corrected chi connectivity index (χ4v) is 1.80. The topological polar surface area (TPSA) is 69.4 Å². The summed E-state index contributed by atoms with van der Waals surface area (Å²) in [6.07, 6.45) is 0. The van der Waals surface area contributed by atoms with E-state index in [1.54, 1.807) is 14.0 Å². The summed E-state index contributed by atoms with van der Waals surface area (Å²) in [5, 5.41) is 7.08. The molecule has 2 aromatic rings. The van der Waals surface area contributed by atoms with Crippen molar-refractivity contribution >= 4 is 0 Å². The SMILES string of the molecule is COc1cc(CNC(C)C)ccc1OCc1nc(C)no1. The van der Waals surface area contributed by atoms with Gasteiger partial charge in [0.05, 0.1) is 7.11 Å². The van der Waals surface area contributed by atoms with E-state index in [1.165, 1.54) is 0 Å². The van der Waals surface area contributed by atoms with Gasteiger partial charge >= 0.3 is 0 Å². The quantitative estimate of drug-likeness (QED) is 0.845. The van der Waals surface area contributed by atoms with Crippen LogP contribution < -0.4 is 14.8 Å². The molecular formula is C15H21N3O3. The van der Waals surface area contributed by atoms with Gasteiger partial charge in [-0.15, -0.1) is 0 Å². The Bertz CT molecular complexity index is 581. The number of hydrogen-bond donors (Lipinski definition) is 1. The molecule has 6 nitrogen and oxygen atoms in total. The number of methoxy groups -OCH3 is 1. The molecule has 0 fully saturated rings. The Hall–Kier alpha value is -2.08. The number of nitrogens with one attached hydrogen (secondary N) is 1. The van der Waals surface area contributed by atoms with Gasteiger partial charge in [0.15, 0.2) is 23.9 Å². The van der Waals surface area contributed by atoms with Gasteiger partial charge in [0.1, 0.15) is 0 Å². The monoisotopic (exact) mass is 291 g/mol. The minimum Gasteiger partial charge on any atom is -0.493 e. The van der Waals surface area contributed by atoms with Crippen molar-refractivity contribution in [2.24, 2.45) is 0 Å². The zero-order valence-electron chi connectivity index (χ0n) is 12.8. The van der Waals surface area contributed by atoms with Crippen LogP contribution in [-0.2, 0) is 13.2 Å². The van der Waals surface area contributed by atoms with E-state index in [1.807, 2.05) is 18.2 Å². The second-order valence-electron chi connectivity index (χ2n) is 5.04. The first kappa shape index (κ1) is 15.3. The Labute approximate surface area is 124 Å². The van der Waals surface area contributed by atoms with E-state index < -0.39 is 0 Å². The summed E-state index contributed by atoms with van der Waals surface area (Å²) >= 11 is 0. The van der Waals surface area contributed by atoms with E-state index in [4.69, 9.17) is 14.0 Å². The highest BCUT2D eigenvalue weighted by Gasteiger charge is 2.09. The lowest BCUT2D eigenvalue weighted by Crippen LogP contribution is -2.21. The van der Waals surface area contributed by atoms with Crippen LogP contribution in [0.2, 0.25) is 0 Å². The Morgan fingerprint density at radius 2 is 2.10 bits per heavy atom. The number of ether oxygens (including phenoxy) is 2. The van der Waals surface area contributed by atoms with E-state index in [9.17, 15) is 0 Å². The molecule has 0 bridgehead atoms. The highest BCUT2D eigenvalue weighted by atomic mass is 16.5. The Balaban J connectivity index is 2.01. The number of benzene rings is 1. The van der Waals surface area contributed by atoms with Crippen LogP contribution in [0.5, 0.6) is 11.5 Å². The van der Waals surface area contributed by atoms with Crippen LogP contribution >= 0.6 is 0 Å². The molecule has 1 aromatic carbocycles. The molecule has 0 aliphatic rings. The molecule has 0 spiro atoms. The van der Waals surface area contributed by atoms with Gasteiger partial charge in [0.25, 0.3) is 5.89 Å². The molecule has 0 unspecified atom stereocenters. The summed E-state index contributed by atoms with van der Waals surface area (Å²) in [5.74, 6) is 2.38. The standard InChI is InChI=1S/C15H21N3O3/c1-10(2)16-8-12-5-6-13(14(7-12)19-4)20-9-15-17-11(3)18-21-15/h5-7,10,16H,8-9H2,1-4H3. The van der Waals surface area contributed by atoms with Gasteiger partial charge in [-0.2, -0.15) is 4.98 Å². The maximum atomic E-state index is 5.67. The summed E-state index contributed by atoms with van der Waals surface area (Å²) in [4.78, 5) is 4.09. The summed E-state index contributed by atoms with van der Waals surface area (Å²) in [6, 6.07) is 6.29. The van der Waals surface area contributed by atoms with E-state index in [0.29, 0.717) is 29.3 Å². The minimum absolute atomic E-state index is 0.223. The molecular weight excluding hydrogens is 270 g/mol. The van der Waals surface area contributed by atoms with Crippen LogP contribution in [0.4, 0.5) is 0 Å². The summed E-state index contributed by atoms with van der Waals surface area (Å²) in [6.45, 7) is 7.00. The summed E-state index contributed by atoms with van der Waals surface area (Å²) < 4.78 is 16.0.